The summed E-state index contributed by atoms with van der Waals surface area (Å²) in [6.45, 7) is 7.89. The van der Waals surface area contributed by atoms with Crippen molar-refractivity contribution in [1.82, 2.24) is 24.7 Å². The first-order valence-corrected chi connectivity index (χ1v) is 12.4. The van der Waals surface area contributed by atoms with Crippen LogP contribution in [0, 0.1) is 5.92 Å². The zero-order valence-electron chi connectivity index (χ0n) is 18.5. The van der Waals surface area contributed by atoms with Crippen molar-refractivity contribution in [2.45, 2.75) is 37.9 Å². The van der Waals surface area contributed by atoms with Gasteiger partial charge in [-0.2, -0.15) is 0 Å². The number of rotatable bonds is 5. The van der Waals surface area contributed by atoms with Crippen molar-refractivity contribution in [3.05, 3.63) is 11.2 Å². The Bertz CT molecular complexity index is 890. The largest absolute Gasteiger partial charge is 0.353 e. The van der Waals surface area contributed by atoms with Crippen LogP contribution in [0.5, 0.6) is 0 Å². The molecule has 11 heteroatoms. The molecule has 0 bridgehead atoms. The van der Waals surface area contributed by atoms with Crippen LogP contribution in [0.2, 0.25) is 5.15 Å². The molecule has 32 heavy (non-hydrogen) atoms. The summed E-state index contributed by atoms with van der Waals surface area (Å²) >= 11 is 7.53. The van der Waals surface area contributed by atoms with E-state index in [0.717, 1.165) is 18.7 Å². The molecule has 3 heterocycles. The summed E-state index contributed by atoms with van der Waals surface area (Å²) in [5.41, 5.74) is 0. The van der Waals surface area contributed by atoms with E-state index in [1.807, 2.05) is 4.90 Å². The van der Waals surface area contributed by atoms with Crippen LogP contribution >= 0.6 is 23.4 Å². The van der Waals surface area contributed by atoms with Crippen LogP contribution < -0.4 is 4.90 Å². The van der Waals surface area contributed by atoms with Crippen LogP contribution in [-0.4, -0.2) is 100.0 Å². The Hall–Kier alpha value is -2.07. The molecule has 1 atom stereocenters. The van der Waals surface area contributed by atoms with Crippen molar-refractivity contribution in [2.75, 3.05) is 56.5 Å². The lowest BCUT2D eigenvalue weighted by atomic mass is 10.1. The van der Waals surface area contributed by atoms with Crippen LogP contribution in [-0.2, 0) is 14.4 Å². The number of anilines is 1. The maximum absolute atomic E-state index is 12.6. The van der Waals surface area contributed by atoms with E-state index in [1.54, 1.807) is 22.8 Å². The Balaban J connectivity index is 1.32. The molecule has 0 N–H and O–H groups in total. The van der Waals surface area contributed by atoms with E-state index in [0.29, 0.717) is 56.1 Å². The number of nitrogens with zero attached hydrogens (tertiary/aromatic N) is 6. The van der Waals surface area contributed by atoms with Crippen molar-refractivity contribution in [1.29, 1.82) is 0 Å². The molecule has 3 fully saturated rings. The highest BCUT2D eigenvalue weighted by Gasteiger charge is 2.37. The molecule has 4 rings (SSSR count). The molecule has 1 aromatic rings. The number of aromatic nitrogens is 2. The number of hydrogen-bond acceptors (Lipinski definition) is 7. The third-order valence-electron chi connectivity index (χ3n) is 6.22. The van der Waals surface area contributed by atoms with E-state index in [2.05, 4.69) is 21.8 Å². The highest BCUT2D eigenvalue weighted by molar-refractivity contribution is 7.99. The van der Waals surface area contributed by atoms with Gasteiger partial charge in [-0.3, -0.25) is 14.4 Å². The van der Waals surface area contributed by atoms with Gasteiger partial charge in [0.1, 0.15) is 11.0 Å². The standard InChI is InChI=1S/C21H29ClN6O3S/c1-14-12-27(9-10-28(14)20(31)16-3-4-16)18-11-17(22)23-21(24-18)32-13-19(30)26-7-5-25(6-8-26)15(2)29/h11,14,16H,3-10,12-13H2,1-2H3. The van der Waals surface area contributed by atoms with Crippen LogP contribution in [0.4, 0.5) is 5.82 Å². The molecule has 174 valence electrons. The lowest BCUT2D eigenvalue weighted by molar-refractivity contribution is -0.136. The minimum absolute atomic E-state index is 0.00384. The molecular formula is C21H29ClN6O3S. The van der Waals surface area contributed by atoms with Gasteiger partial charge in [0.25, 0.3) is 0 Å². The molecule has 0 radical (unpaired) electrons. The highest BCUT2D eigenvalue weighted by Crippen LogP contribution is 2.33. The number of carbonyl (C=O) groups is 3. The first kappa shape index (κ1) is 23.1. The average Bonchev–Trinajstić information content (AvgIpc) is 3.62. The third-order valence-corrected chi connectivity index (χ3v) is 7.25. The first-order valence-electron chi connectivity index (χ1n) is 11.1. The van der Waals surface area contributed by atoms with E-state index in [1.165, 1.54) is 11.8 Å². The summed E-state index contributed by atoms with van der Waals surface area (Å²) in [5, 5.41) is 0.802. The fraction of sp³-hybridized carbons (Fsp3) is 0.667. The normalized spacial score (nSPS) is 21.7. The Kier molecular flexibility index (Phi) is 7.09. The molecule has 1 unspecified atom stereocenters. The SMILES string of the molecule is CC(=O)N1CCN(C(=O)CSc2nc(Cl)cc(N3CCN(C(=O)C4CC4)C(C)C3)n2)CC1. The number of thioether (sulfide) groups is 1. The van der Waals surface area contributed by atoms with E-state index in [4.69, 9.17) is 11.6 Å². The second kappa shape index (κ2) is 9.82. The molecular weight excluding hydrogens is 452 g/mol. The number of carbonyl (C=O) groups excluding carboxylic acids is 3. The van der Waals surface area contributed by atoms with Gasteiger partial charge in [-0.15, -0.1) is 0 Å². The van der Waals surface area contributed by atoms with Gasteiger partial charge in [0.05, 0.1) is 5.75 Å². The van der Waals surface area contributed by atoms with E-state index >= 15 is 0 Å². The molecule has 9 nitrogen and oxygen atoms in total. The van der Waals surface area contributed by atoms with Crippen molar-refractivity contribution >= 4 is 46.9 Å². The van der Waals surface area contributed by atoms with Crippen molar-refractivity contribution in [2.24, 2.45) is 5.92 Å². The van der Waals surface area contributed by atoms with Crippen LogP contribution in [0.3, 0.4) is 0 Å². The van der Waals surface area contributed by atoms with Gasteiger partial charge in [-0.05, 0) is 19.8 Å². The third kappa shape index (κ3) is 5.46. The lowest BCUT2D eigenvalue weighted by Crippen LogP contribution is -2.54. The molecule has 0 spiro atoms. The fourth-order valence-corrected chi connectivity index (χ4v) is 5.14. The van der Waals surface area contributed by atoms with Crippen LogP contribution in [0.1, 0.15) is 26.7 Å². The van der Waals surface area contributed by atoms with Gasteiger partial charge in [-0.1, -0.05) is 23.4 Å². The zero-order chi connectivity index (χ0) is 22.8. The summed E-state index contributed by atoms with van der Waals surface area (Å²) < 4.78 is 0. The molecule has 1 aromatic heterocycles. The van der Waals surface area contributed by atoms with Crippen LogP contribution in [0.25, 0.3) is 0 Å². The maximum Gasteiger partial charge on any atom is 0.233 e. The van der Waals surface area contributed by atoms with Gasteiger partial charge < -0.3 is 19.6 Å². The predicted molar refractivity (Wildman–Crippen MR) is 123 cm³/mol. The molecule has 0 aromatic carbocycles. The molecule has 2 aliphatic heterocycles. The Morgan fingerprint density at radius 2 is 1.75 bits per heavy atom. The molecule has 3 aliphatic rings. The minimum atomic E-state index is 0.00384. The molecule has 3 amide bonds. The second-order valence-electron chi connectivity index (χ2n) is 8.61. The first-order chi connectivity index (χ1) is 15.3. The van der Waals surface area contributed by atoms with Crippen molar-refractivity contribution in [3.8, 4) is 0 Å². The van der Waals surface area contributed by atoms with E-state index < -0.39 is 0 Å². The lowest BCUT2D eigenvalue weighted by Gasteiger charge is -2.40. The predicted octanol–water partition coefficient (Wildman–Crippen LogP) is 1.36. The fourth-order valence-electron chi connectivity index (χ4n) is 4.16. The molecule has 2 saturated heterocycles. The summed E-state index contributed by atoms with van der Waals surface area (Å²) in [6, 6.07) is 1.84. The average molecular weight is 481 g/mol. The van der Waals surface area contributed by atoms with E-state index in [9.17, 15) is 14.4 Å². The minimum Gasteiger partial charge on any atom is -0.353 e. The molecule has 1 saturated carbocycles. The Labute approximate surface area is 197 Å². The van der Waals surface area contributed by atoms with Gasteiger partial charge in [0.15, 0.2) is 5.16 Å². The zero-order valence-corrected chi connectivity index (χ0v) is 20.1. The number of piperazine rings is 2. The van der Waals surface area contributed by atoms with Crippen molar-refractivity contribution < 1.29 is 14.4 Å². The van der Waals surface area contributed by atoms with Crippen LogP contribution in [0.15, 0.2) is 11.2 Å². The van der Waals surface area contributed by atoms with Gasteiger partial charge in [0.2, 0.25) is 17.7 Å². The summed E-state index contributed by atoms with van der Waals surface area (Å²) in [5.74, 6) is 1.49. The monoisotopic (exact) mass is 480 g/mol. The molecule has 1 aliphatic carbocycles. The van der Waals surface area contributed by atoms with Crippen molar-refractivity contribution in [3.63, 3.8) is 0 Å². The Morgan fingerprint density at radius 1 is 1.06 bits per heavy atom. The number of halogens is 1. The summed E-state index contributed by atoms with van der Waals surface area (Å²) in [4.78, 5) is 53.0. The highest BCUT2D eigenvalue weighted by atomic mass is 35.5. The van der Waals surface area contributed by atoms with Gasteiger partial charge in [-0.25, -0.2) is 9.97 Å². The maximum atomic E-state index is 12.6. The topological polar surface area (TPSA) is 90.0 Å². The summed E-state index contributed by atoms with van der Waals surface area (Å²) in [6.07, 6.45) is 2.03. The van der Waals surface area contributed by atoms with Gasteiger partial charge >= 0.3 is 0 Å². The quantitative estimate of drug-likeness (QED) is 0.357. The van der Waals surface area contributed by atoms with E-state index in [-0.39, 0.29) is 35.4 Å². The second-order valence-corrected chi connectivity index (χ2v) is 9.94. The smallest absolute Gasteiger partial charge is 0.233 e. The Morgan fingerprint density at radius 3 is 2.38 bits per heavy atom. The van der Waals surface area contributed by atoms with Gasteiger partial charge in [0, 0.05) is 70.8 Å². The summed E-state index contributed by atoms with van der Waals surface area (Å²) in [7, 11) is 0. The number of hydrogen-bond donors (Lipinski definition) is 0. The number of amides is 3.